The van der Waals surface area contributed by atoms with E-state index in [0.717, 1.165) is 24.1 Å². The molecular weight excluding hydrogens is 290 g/mol. The van der Waals surface area contributed by atoms with Crippen LogP contribution in [-0.2, 0) is 15.9 Å². The first-order chi connectivity index (χ1) is 8.59. The van der Waals surface area contributed by atoms with Gasteiger partial charge in [0.25, 0.3) is 0 Å². The molecule has 1 unspecified atom stereocenters. The van der Waals surface area contributed by atoms with Gasteiger partial charge in [-0.05, 0) is 30.2 Å². The Hall–Kier alpha value is -0.100. The zero-order valence-corrected chi connectivity index (χ0v) is 12.8. The molecular formula is C12H18ClNO2S2. The number of nitrogens with zero attached hydrogens (tertiary/aromatic N) is 1. The van der Waals surface area contributed by atoms with E-state index in [1.54, 1.807) is 15.8 Å². The van der Waals surface area contributed by atoms with E-state index in [1.165, 1.54) is 11.3 Å². The SMILES string of the molecule is CCC1CCCN(S(=O)(=O)c2ccsc2CCl)C1. The van der Waals surface area contributed by atoms with E-state index in [9.17, 15) is 8.42 Å². The number of sulfonamides is 1. The van der Waals surface area contributed by atoms with Crippen LogP contribution in [0.4, 0.5) is 0 Å². The van der Waals surface area contributed by atoms with Gasteiger partial charge in [0, 0.05) is 18.0 Å². The van der Waals surface area contributed by atoms with Crippen LogP contribution in [0.3, 0.4) is 0 Å². The van der Waals surface area contributed by atoms with Crippen molar-refractivity contribution < 1.29 is 8.42 Å². The van der Waals surface area contributed by atoms with Crippen LogP contribution in [0.2, 0.25) is 0 Å². The van der Waals surface area contributed by atoms with Crippen LogP contribution >= 0.6 is 22.9 Å². The summed E-state index contributed by atoms with van der Waals surface area (Å²) in [6.07, 6.45) is 3.13. The van der Waals surface area contributed by atoms with Gasteiger partial charge in [0.1, 0.15) is 0 Å². The van der Waals surface area contributed by atoms with Crippen molar-refractivity contribution >= 4 is 33.0 Å². The Morgan fingerprint density at radius 3 is 3.00 bits per heavy atom. The molecule has 18 heavy (non-hydrogen) atoms. The third-order valence-electron chi connectivity index (χ3n) is 3.50. The normalized spacial score (nSPS) is 22.2. The number of halogens is 1. The lowest BCUT2D eigenvalue weighted by molar-refractivity contribution is 0.261. The van der Waals surface area contributed by atoms with Crippen LogP contribution in [0.25, 0.3) is 0 Å². The van der Waals surface area contributed by atoms with Gasteiger partial charge in [0.15, 0.2) is 0 Å². The standard InChI is InChI=1S/C12H18ClNO2S2/c1-2-10-4-3-6-14(9-10)18(15,16)12-5-7-17-11(12)8-13/h5,7,10H,2-4,6,8-9H2,1H3. The summed E-state index contributed by atoms with van der Waals surface area (Å²) in [4.78, 5) is 1.15. The summed E-state index contributed by atoms with van der Waals surface area (Å²) in [6, 6.07) is 1.67. The van der Waals surface area contributed by atoms with Crippen molar-refractivity contribution in [3.05, 3.63) is 16.3 Å². The third kappa shape index (κ3) is 2.74. The van der Waals surface area contributed by atoms with Crippen molar-refractivity contribution in [1.29, 1.82) is 0 Å². The minimum absolute atomic E-state index is 0.261. The smallest absolute Gasteiger partial charge is 0.207 e. The topological polar surface area (TPSA) is 37.4 Å². The minimum Gasteiger partial charge on any atom is -0.207 e. The first-order valence-corrected chi connectivity index (χ1v) is 9.07. The van der Waals surface area contributed by atoms with E-state index >= 15 is 0 Å². The molecule has 102 valence electrons. The molecule has 0 saturated carbocycles. The first kappa shape index (κ1) is 14.3. The van der Waals surface area contributed by atoms with Gasteiger partial charge in [-0.1, -0.05) is 13.3 Å². The highest BCUT2D eigenvalue weighted by Gasteiger charge is 2.31. The molecule has 6 heteroatoms. The molecule has 1 saturated heterocycles. The van der Waals surface area contributed by atoms with Crippen molar-refractivity contribution in [1.82, 2.24) is 4.31 Å². The molecule has 2 heterocycles. The number of hydrogen-bond acceptors (Lipinski definition) is 3. The second kappa shape index (κ2) is 5.90. The summed E-state index contributed by atoms with van der Waals surface area (Å²) in [7, 11) is -3.35. The van der Waals surface area contributed by atoms with Crippen molar-refractivity contribution in [2.75, 3.05) is 13.1 Å². The van der Waals surface area contributed by atoms with Gasteiger partial charge in [0.2, 0.25) is 10.0 Å². The van der Waals surface area contributed by atoms with Gasteiger partial charge < -0.3 is 0 Å². The highest BCUT2D eigenvalue weighted by molar-refractivity contribution is 7.89. The van der Waals surface area contributed by atoms with Crippen molar-refractivity contribution in [2.45, 2.75) is 37.0 Å². The number of piperidine rings is 1. The Bertz CT molecular complexity index is 498. The Morgan fingerprint density at radius 1 is 1.56 bits per heavy atom. The quantitative estimate of drug-likeness (QED) is 0.800. The van der Waals surface area contributed by atoms with Crippen LogP contribution in [0, 0.1) is 5.92 Å². The van der Waals surface area contributed by atoms with Gasteiger partial charge >= 0.3 is 0 Å². The van der Waals surface area contributed by atoms with E-state index in [-0.39, 0.29) is 5.88 Å². The minimum atomic E-state index is -3.35. The fraction of sp³-hybridized carbons (Fsp3) is 0.667. The fourth-order valence-electron chi connectivity index (χ4n) is 2.37. The van der Waals surface area contributed by atoms with E-state index in [0.29, 0.717) is 23.9 Å². The van der Waals surface area contributed by atoms with Crippen LogP contribution in [-0.4, -0.2) is 25.8 Å². The summed E-state index contributed by atoms with van der Waals surface area (Å²) in [5, 5.41) is 1.80. The Balaban J connectivity index is 2.25. The average Bonchev–Trinajstić information content (AvgIpc) is 2.88. The second-order valence-electron chi connectivity index (χ2n) is 4.62. The predicted octanol–water partition coefficient (Wildman–Crippen LogP) is 3.30. The molecule has 1 aliphatic heterocycles. The maximum absolute atomic E-state index is 12.6. The van der Waals surface area contributed by atoms with E-state index in [2.05, 4.69) is 6.92 Å². The van der Waals surface area contributed by atoms with Crippen LogP contribution in [0.1, 0.15) is 31.1 Å². The van der Waals surface area contributed by atoms with E-state index in [4.69, 9.17) is 11.6 Å². The van der Waals surface area contributed by atoms with Gasteiger partial charge in [-0.3, -0.25) is 0 Å². The first-order valence-electron chi connectivity index (χ1n) is 6.22. The van der Waals surface area contributed by atoms with Crippen LogP contribution in [0.15, 0.2) is 16.3 Å². The molecule has 0 spiro atoms. The summed E-state index contributed by atoms with van der Waals surface area (Å²) in [5.74, 6) is 0.753. The second-order valence-corrected chi connectivity index (χ2v) is 7.80. The van der Waals surface area contributed by atoms with Crippen molar-refractivity contribution in [3.63, 3.8) is 0 Å². The summed E-state index contributed by atoms with van der Waals surface area (Å²) in [6.45, 7) is 3.41. The molecule has 0 radical (unpaired) electrons. The Labute approximate surface area is 118 Å². The average molecular weight is 308 g/mol. The monoisotopic (exact) mass is 307 g/mol. The lowest BCUT2D eigenvalue weighted by atomic mass is 9.97. The lowest BCUT2D eigenvalue weighted by Gasteiger charge is -2.31. The van der Waals surface area contributed by atoms with E-state index in [1.807, 2.05) is 0 Å². The van der Waals surface area contributed by atoms with Gasteiger partial charge in [-0.25, -0.2) is 8.42 Å². The maximum atomic E-state index is 12.6. The van der Waals surface area contributed by atoms with Crippen molar-refractivity contribution in [2.24, 2.45) is 5.92 Å². The number of hydrogen-bond donors (Lipinski definition) is 0. The molecule has 1 aliphatic rings. The number of thiophene rings is 1. The molecule has 1 aromatic heterocycles. The van der Waals surface area contributed by atoms with Crippen LogP contribution in [0.5, 0.6) is 0 Å². The summed E-state index contributed by atoms with van der Waals surface area (Å²) >= 11 is 7.21. The third-order valence-corrected chi connectivity index (χ3v) is 6.93. The van der Waals surface area contributed by atoms with E-state index < -0.39 is 10.0 Å². The highest BCUT2D eigenvalue weighted by atomic mass is 35.5. The summed E-state index contributed by atoms with van der Waals surface area (Å²) in [5.41, 5.74) is 0. The Morgan fingerprint density at radius 2 is 2.33 bits per heavy atom. The van der Waals surface area contributed by atoms with Crippen molar-refractivity contribution in [3.8, 4) is 0 Å². The molecule has 1 aromatic rings. The summed E-state index contributed by atoms with van der Waals surface area (Å²) < 4.78 is 26.8. The fourth-order valence-corrected chi connectivity index (χ4v) is 5.60. The van der Waals surface area contributed by atoms with Gasteiger partial charge in [-0.15, -0.1) is 22.9 Å². The largest absolute Gasteiger partial charge is 0.244 e. The highest BCUT2D eigenvalue weighted by Crippen LogP contribution is 2.30. The number of alkyl halides is 1. The van der Waals surface area contributed by atoms with Gasteiger partial charge in [0.05, 0.1) is 10.8 Å². The van der Waals surface area contributed by atoms with Gasteiger partial charge in [-0.2, -0.15) is 4.31 Å². The molecule has 2 rings (SSSR count). The molecule has 0 aromatic carbocycles. The zero-order valence-electron chi connectivity index (χ0n) is 10.4. The molecule has 1 atom stereocenters. The molecule has 1 fully saturated rings. The molecule has 0 bridgehead atoms. The Kier molecular flexibility index (Phi) is 4.69. The molecule has 0 amide bonds. The molecule has 0 N–H and O–H groups in total. The predicted molar refractivity (Wildman–Crippen MR) is 75.6 cm³/mol. The van der Waals surface area contributed by atoms with Crippen LogP contribution < -0.4 is 0 Å². The molecule has 3 nitrogen and oxygen atoms in total. The lowest BCUT2D eigenvalue weighted by Crippen LogP contribution is -2.39. The number of rotatable bonds is 4. The maximum Gasteiger partial charge on any atom is 0.244 e. The zero-order chi connectivity index (χ0) is 13.2. The molecule has 0 aliphatic carbocycles.